The van der Waals surface area contributed by atoms with E-state index in [0.29, 0.717) is 36.4 Å². The number of aryl methyl sites for hydroxylation is 2. The molecule has 0 aromatic heterocycles. The minimum Gasteiger partial charge on any atom is -0.342 e. The molecule has 2 rings (SSSR count). The lowest BCUT2D eigenvalue weighted by molar-refractivity contribution is -0.131. The van der Waals surface area contributed by atoms with Crippen molar-refractivity contribution in [3.63, 3.8) is 0 Å². The standard InChI is InChI=1S/C16H21N3O3S/c1-12-3-4-13(2)15(11-12)23(21,22)18-14-6-9-19(10-7-14)16(20)5-8-17/h3-4,11,14,18H,5-7,9-10H2,1-2H3. The zero-order valence-electron chi connectivity index (χ0n) is 13.4. The zero-order chi connectivity index (χ0) is 17.0. The number of carbonyl (C=O) groups is 1. The second-order valence-corrected chi connectivity index (χ2v) is 7.56. The smallest absolute Gasteiger partial charge is 0.241 e. The topological polar surface area (TPSA) is 90.3 Å². The summed E-state index contributed by atoms with van der Waals surface area (Å²) in [7, 11) is -3.57. The van der Waals surface area contributed by atoms with E-state index in [9.17, 15) is 13.2 Å². The van der Waals surface area contributed by atoms with Gasteiger partial charge < -0.3 is 4.90 Å². The van der Waals surface area contributed by atoms with Crippen molar-refractivity contribution >= 4 is 15.9 Å². The van der Waals surface area contributed by atoms with Gasteiger partial charge in [-0.2, -0.15) is 5.26 Å². The second-order valence-electron chi connectivity index (χ2n) is 5.88. The van der Waals surface area contributed by atoms with Gasteiger partial charge in [0.05, 0.1) is 11.0 Å². The number of benzene rings is 1. The van der Waals surface area contributed by atoms with Gasteiger partial charge in [0.2, 0.25) is 15.9 Å². The summed E-state index contributed by atoms with van der Waals surface area (Å²) >= 11 is 0. The number of nitriles is 1. The highest BCUT2D eigenvalue weighted by Gasteiger charge is 2.27. The predicted octanol–water partition coefficient (Wildman–Crippen LogP) is 1.49. The van der Waals surface area contributed by atoms with Gasteiger partial charge in [0.15, 0.2) is 0 Å². The van der Waals surface area contributed by atoms with Crippen LogP contribution in [0.5, 0.6) is 0 Å². The van der Waals surface area contributed by atoms with Crippen molar-refractivity contribution < 1.29 is 13.2 Å². The summed E-state index contributed by atoms with van der Waals surface area (Å²) in [6.07, 6.45) is 0.988. The lowest BCUT2D eigenvalue weighted by Gasteiger charge is -2.32. The number of amides is 1. The van der Waals surface area contributed by atoms with Gasteiger partial charge in [0.25, 0.3) is 0 Å². The van der Waals surface area contributed by atoms with E-state index in [1.807, 2.05) is 19.1 Å². The third-order valence-corrected chi connectivity index (χ3v) is 5.70. The fourth-order valence-electron chi connectivity index (χ4n) is 2.71. The van der Waals surface area contributed by atoms with Crippen molar-refractivity contribution in [2.45, 2.75) is 44.0 Å². The van der Waals surface area contributed by atoms with Crippen molar-refractivity contribution in [1.29, 1.82) is 5.26 Å². The van der Waals surface area contributed by atoms with E-state index in [2.05, 4.69) is 4.72 Å². The monoisotopic (exact) mass is 335 g/mol. The lowest BCUT2D eigenvalue weighted by Crippen LogP contribution is -2.46. The molecule has 0 bridgehead atoms. The molecule has 0 unspecified atom stereocenters. The van der Waals surface area contributed by atoms with Crippen LogP contribution in [0.2, 0.25) is 0 Å². The number of nitrogens with one attached hydrogen (secondary N) is 1. The number of hydrogen-bond donors (Lipinski definition) is 1. The quantitative estimate of drug-likeness (QED) is 0.902. The fourth-order valence-corrected chi connectivity index (χ4v) is 4.34. The molecule has 23 heavy (non-hydrogen) atoms. The number of piperidine rings is 1. The van der Waals surface area contributed by atoms with Crippen molar-refractivity contribution in [3.05, 3.63) is 29.3 Å². The van der Waals surface area contributed by atoms with Crippen LogP contribution in [0.1, 0.15) is 30.4 Å². The molecule has 1 aromatic rings. The number of rotatable bonds is 4. The van der Waals surface area contributed by atoms with E-state index in [0.717, 1.165) is 5.56 Å². The Hall–Kier alpha value is -1.91. The van der Waals surface area contributed by atoms with Crippen LogP contribution in [0, 0.1) is 25.2 Å². The van der Waals surface area contributed by atoms with Gasteiger partial charge in [-0.3, -0.25) is 4.79 Å². The Bertz CT molecular complexity index is 729. The minimum atomic E-state index is -3.57. The summed E-state index contributed by atoms with van der Waals surface area (Å²) in [5.74, 6) is -0.191. The Morgan fingerprint density at radius 3 is 2.61 bits per heavy atom. The molecular formula is C16H21N3O3S. The molecule has 1 saturated heterocycles. The summed E-state index contributed by atoms with van der Waals surface area (Å²) in [4.78, 5) is 13.6. The molecule has 0 spiro atoms. The third-order valence-electron chi connectivity index (χ3n) is 4.03. The van der Waals surface area contributed by atoms with Gasteiger partial charge in [0.1, 0.15) is 6.42 Å². The lowest BCUT2D eigenvalue weighted by atomic mass is 10.1. The molecule has 7 heteroatoms. The SMILES string of the molecule is Cc1ccc(C)c(S(=O)(=O)NC2CCN(C(=O)CC#N)CC2)c1. The Balaban J connectivity index is 2.02. The van der Waals surface area contributed by atoms with Gasteiger partial charge in [-0.25, -0.2) is 13.1 Å². The van der Waals surface area contributed by atoms with Crippen molar-refractivity contribution in [2.75, 3.05) is 13.1 Å². The molecule has 1 aliphatic rings. The van der Waals surface area contributed by atoms with Crippen LogP contribution in [0.3, 0.4) is 0 Å². The molecule has 0 atom stereocenters. The largest absolute Gasteiger partial charge is 0.342 e. The van der Waals surface area contributed by atoms with Crippen molar-refractivity contribution in [3.8, 4) is 6.07 Å². The molecule has 1 aliphatic heterocycles. The molecule has 124 valence electrons. The van der Waals surface area contributed by atoms with Crippen LogP contribution >= 0.6 is 0 Å². The first-order valence-corrected chi connectivity index (χ1v) is 9.06. The number of likely N-dealkylation sites (tertiary alicyclic amines) is 1. The average Bonchev–Trinajstić information content (AvgIpc) is 2.50. The average molecular weight is 335 g/mol. The third kappa shape index (κ3) is 4.30. The predicted molar refractivity (Wildman–Crippen MR) is 86.1 cm³/mol. The summed E-state index contributed by atoms with van der Waals surface area (Å²) in [6, 6.07) is 7.01. The fraction of sp³-hybridized carbons (Fsp3) is 0.500. The van der Waals surface area contributed by atoms with Crippen LogP contribution in [-0.2, 0) is 14.8 Å². The molecular weight excluding hydrogens is 314 g/mol. The van der Waals surface area contributed by atoms with Gasteiger partial charge in [-0.1, -0.05) is 12.1 Å². The van der Waals surface area contributed by atoms with Gasteiger partial charge in [-0.05, 0) is 43.9 Å². The molecule has 6 nitrogen and oxygen atoms in total. The maximum atomic E-state index is 12.6. The maximum absolute atomic E-state index is 12.6. The summed E-state index contributed by atoms with van der Waals surface area (Å²) in [6.45, 7) is 4.58. The Morgan fingerprint density at radius 1 is 1.35 bits per heavy atom. The summed E-state index contributed by atoms with van der Waals surface area (Å²) in [5, 5.41) is 8.56. The van der Waals surface area contributed by atoms with Crippen molar-refractivity contribution in [2.24, 2.45) is 0 Å². The summed E-state index contributed by atoms with van der Waals surface area (Å²) < 4.78 is 27.9. The van der Waals surface area contributed by atoms with E-state index < -0.39 is 10.0 Å². The van der Waals surface area contributed by atoms with E-state index in [1.165, 1.54) is 0 Å². The first kappa shape index (κ1) is 17.4. The molecule has 0 radical (unpaired) electrons. The molecule has 0 saturated carbocycles. The molecule has 1 N–H and O–H groups in total. The molecule has 1 heterocycles. The molecule has 1 aromatic carbocycles. The first-order valence-electron chi connectivity index (χ1n) is 7.58. The Labute approximate surface area is 137 Å². The number of carbonyl (C=O) groups excluding carboxylic acids is 1. The van der Waals surface area contributed by atoms with Crippen LogP contribution < -0.4 is 4.72 Å². The number of sulfonamides is 1. The highest BCUT2D eigenvalue weighted by molar-refractivity contribution is 7.89. The first-order chi connectivity index (χ1) is 10.8. The second kappa shape index (κ2) is 7.11. The molecule has 1 amide bonds. The number of hydrogen-bond acceptors (Lipinski definition) is 4. The van der Waals surface area contributed by atoms with Gasteiger partial charge in [0, 0.05) is 19.1 Å². The maximum Gasteiger partial charge on any atom is 0.241 e. The Morgan fingerprint density at radius 2 is 2.00 bits per heavy atom. The van der Waals surface area contributed by atoms with Gasteiger partial charge >= 0.3 is 0 Å². The Kier molecular flexibility index (Phi) is 5.39. The van der Waals surface area contributed by atoms with E-state index >= 15 is 0 Å². The zero-order valence-corrected chi connectivity index (χ0v) is 14.2. The van der Waals surface area contributed by atoms with Crippen LogP contribution in [0.4, 0.5) is 0 Å². The normalized spacial score (nSPS) is 16.1. The molecule has 0 aliphatic carbocycles. The minimum absolute atomic E-state index is 0.126. The van der Waals surface area contributed by atoms with Crippen molar-refractivity contribution in [1.82, 2.24) is 9.62 Å². The number of nitrogens with zero attached hydrogens (tertiary/aromatic N) is 2. The van der Waals surface area contributed by atoms with E-state index in [4.69, 9.17) is 5.26 Å². The van der Waals surface area contributed by atoms with E-state index in [-0.39, 0.29) is 18.4 Å². The van der Waals surface area contributed by atoms with Gasteiger partial charge in [-0.15, -0.1) is 0 Å². The van der Waals surface area contributed by atoms with Crippen LogP contribution in [-0.4, -0.2) is 38.4 Å². The van der Waals surface area contributed by atoms with E-state index in [1.54, 1.807) is 24.0 Å². The highest BCUT2D eigenvalue weighted by Crippen LogP contribution is 2.19. The summed E-state index contributed by atoms with van der Waals surface area (Å²) in [5.41, 5.74) is 1.61. The van der Waals surface area contributed by atoms with Crippen LogP contribution in [0.15, 0.2) is 23.1 Å². The molecule has 1 fully saturated rings. The highest BCUT2D eigenvalue weighted by atomic mass is 32.2. The van der Waals surface area contributed by atoms with Crippen LogP contribution in [0.25, 0.3) is 0 Å².